The summed E-state index contributed by atoms with van der Waals surface area (Å²) in [6, 6.07) is 24.2. The third-order valence-corrected chi connectivity index (χ3v) is 6.92. The number of hydrogen-bond acceptors (Lipinski definition) is 5. The monoisotopic (exact) mass is 471 g/mol. The summed E-state index contributed by atoms with van der Waals surface area (Å²) in [7, 11) is -2.55. The molecule has 0 atom stereocenters. The molecule has 7 heteroatoms. The van der Waals surface area contributed by atoms with Gasteiger partial charge in [-0.3, -0.25) is 0 Å². The Labute approximate surface area is 196 Å². The maximum atomic E-state index is 12.5. The van der Waals surface area contributed by atoms with Crippen molar-refractivity contribution in [1.29, 1.82) is 0 Å². The average molecular weight is 472 g/mol. The number of fused-ring (bicyclic) bond motifs is 2. The highest BCUT2D eigenvalue weighted by Crippen LogP contribution is 2.45. The minimum Gasteiger partial charge on any atom is -0.508 e. The van der Waals surface area contributed by atoms with Crippen LogP contribution in [0.5, 0.6) is 17.2 Å². The third-order valence-electron chi connectivity index (χ3n) is 5.95. The van der Waals surface area contributed by atoms with Crippen LogP contribution in [0.3, 0.4) is 0 Å². The largest absolute Gasteiger partial charge is 0.508 e. The first kappa shape index (κ1) is 21.8. The second-order valence-corrected chi connectivity index (χ2v) is 9.51. The van der Waals surface area contributed by atoms with Gasteiger partial charge in [-0.1, -0.05) is 48.5 Å². The number of aromatic hydroxyl groups is 2. The molecule has 0 amide bonds. The quantitative estimate of drug-likeness (QED) is 0.325. The average Bonchev–Trinajstić information content (AvgIpc) is 2.83. The third kappa shape index (κ3) is 3.61. The zero-order valence-corrected chi connectivity index (χ0v) is 19.0. The maximum Gasteiger partial charge on any atom is 0.238 e. The predicted octanol–water partition coefficient (Wildman–Crippen LogP) is 5.39. The first-order chi connectivity index (χ1) is 16.3. The molecule has 5 rings (SSSR count). The van der Waals surface area contributed by atoms with E-state index in [0.29, 0.717) is 33.2 Å². The SMILES string of the molecule is COc1ccc(S(N)(=O)=O)c(-c2cc(-c3cccc4cc(O)ccc34)c(O)c3ccccc23)c1. The van der Waals surface area contributed by atoms with E-state index in [0.717, 1.165) is 16.3 Å². The zero-order chi connectivity index (χ0) is 24.0. The Morgan fingerprint density at radius 2 is 1.47 bits per heavy atom. The van der Waals surface area contributed by atoms with Crippen LogP contribution in [0.1, 0.15) is 0 Å². The second-order valence-electron chi connectivity index (χ2n) is 7.98. The fraction of sp³-hybridized carbons (Fsp3) is 0.0370. The molecule has 0 saturated carbocycles. The van der Waals surface area contributed by atoms with Crippen LogP contribution in [-0.4, -0.2) is 25.7 Å². The van der Waals surface area contributed by atoms with E-state index in [2.05, 4.69) is 0 Å². The molecule has 0 bridgehead atoms. The Balaban J connectivity index is 1.92. The van der Waals surface area contributed by atoms with Gasteiger partial charge in [0.2, 0.25) is 10.0 Å². The Hall–Kier alpha value is -4.07. The highest BCUT2D eigenvalue weighted by atomic mass is 32.2. The van der Waals surface area contributed by atoms with E-state index in [1.54, 1.807) is 42.5 Å². The van der Waals surface area contributed by atoms with Crippen molar-refractivity contribution in [2.24, 2.45) is 5.14 Å². The molecule has 0 aliphatic carbocycles. The number of phenolic OH excluding ortho intramolecular Hbond substituents is 2. The minimum absolute atomic E-state index is 0.0436. The van der Waals surface area contributed by atoms with Crippen molar-refractivity contribution in [3.05, 3.63) is 84.9 Å². The Bertz CT molecular complexity index is 1690. The number of rotatable bonds is 4. The normalized spacial score (nSPS) is 11.7. The van der Waals surface area contributed by atoms with Crippen LogP contribution in [0.25, 0.3) is 43.8 Å². The van der Waals surface area contributed by atoms with Crippen LogP contribution >= 0.6 is 0 Å². The van der Waals surface area contributed by atoms with Crippen molar-refractivity contribution in [2.75, 3.05) is 7.11 Å². The minimum atomic E-state index is -4.05. The van der Waals surface area contributed by atoms with Crippen molar-refractivity contribution >= 4 is 31.6 Å². The van der Waals surface area contributed by atoms with E-state index in [1.165, 1.54) is 13.2 Å². The number of hydrogen-bond donors (Lipinski definition) is 3. The van der Waals surface area contributed by atoms with Gasteiger partial charge in [-0.15, -0.1) is 0 Å². The summed E-state index contributed by atoms with van der Waals surface area (Å²) in [4.78, 5) is -0.0436. The molecular formula is C27H21NO5S. The number of benzene rings is 5. The van der Waals surface area contributed by atoms with E-state index in [4.69, 9.17) is 9.88 Å². The van der Waals surface area contributed by atoms with Crippen LogP contribution in [0, 0.1) is 0 Å². The Morgan fingerprint density at radius 1 is 0.706 bits per heavy atom. The number of ether oxygens (including phenoxy) is 1. The zero-order valence-electron chi connectivity index (χ0n) is 18.2. The molecule has 4 N–H and O–H groups in total. The second kappa shape index (κ2) is 8.06. The Kier molecular flexibility index (Phi) is 5.16. The molecule has 0 unspecified atom stereocenters. The van der Waals surface area contributed by atoms with Gasteiger partial charge in [0.1, 0.15) is 17.2 Å². The fourth-order valence-corrected chi connectivity index (χ4v) is 5.12. The van der Waals surface area contributed by atoms with Crippen LogP contribution in [0.4, 0.5) is 0 Å². The molecule has 0 fully saturated rings. The van der Waals surface area contributed by atoms with E-state index in [-0.39, 0.29) is 16.4 Å². The summed E-state index contributed by atoms with van der Waals surface area (Å²) in [5.74, 6) is 0.684. The van der Waals surface area contributed by atoms with E-state index >= 15 is 0 Å². The van der Waals surface area contributed by atoms with E-state index in [9.17, 15) is 18.6 Å². The lowest BCUT2D eigenvalue weighted by atomic mass is 9.90. The summed E-state index contributed by atoms with van der Waals surface area (Å²) in [5.41, 5.74) is 2.22. The molecule has 5 aromatic rings. The standard InChI is InChI=1S/C27H21NO5S/c1-33-18-10-12-26(34(28,31)32)24(14-18)23-15-25(27(30)22-7-3-2-6-21(22)23)20-8-4-5-16-13-17(29)9-11-19(16)20/h2-15,29-30H,1H3,(H2,28,31,32). The molecule has 6 nitrogen and oxygen atoms in total. The molecule has 0 aromatic heterocycles. The molecule has 0 aliphatic heterocycles. The lowest BCUT2D eigenvalue weighted by molar-refractivity contribution is 0.414. The number of methoxy groups -OCH3 is 1. The van der Waals surface area contributed by atoms with Crippen LogP contribution in [0.2, 0.25) is 0 Å². The lowest BCUT2D eigenvalue weighted by Crippen LogP contribution is -2.13. The van der Waals surface area contributed by atoms with Crippen molar-refractivity contribution in [1.82, 2.24) is 0 Å². The summed E-state index contributed by atoms with van der Waals surface area (Å²) < 4.78 is 30.3. The lowest BCUT2D eigenvalue weighted by Gasteiger charge is -2.17. The van der Waals surface area contributed by atoms with Crippen molar-refractivity contribution in [3.8, 4) is 39.5 Å². The first-order valence-electron chi connectivity index (χ1n) is 10.5. The van der Waals surface area contributed by atoms with Crippen LogP contribution < -0.4 is 9.88 Å². The molecular weight excluding hydrogens is 450 g/mol. The van der Waals surface area contributed by atoms with Gasteiger partial charge in [-0.05, 0) is 63.7 Å². The van der Waals surface area contributed by atoms with Gasteiger partial charge in [0, 0.05) is 16.5 Å². The first-order valence-corrected chi connectivity index (χ1v) is 12.0. The van der Waals surface area contributed by atoms with Crippen molar-refractivity contribution in [2.45, 2.75) is 4.90 Å². The van der Waals surface area contributed by atoms with Crippen molar-refractivity contribution < 1.29 is 23.4 Å². The van der Waals surface area contributed by atoms with Gasteiger partial charge >= 0.3 is 0 Å². The number of phenols is 2. The Morgan fingerprint density at radius 3 is 2.21 bits per heavy atom. The topological polar surface area (TPSA) is 110 Å². The number of nitrogens with two attached hydrogens (primary N) is 1. The molecule has 0 radical (unpaired) electrons. The van der Waals surface area contributed by atoms with Gasteiger partial charge in [0.25, 0.3) is 0 Å². The number of primary sulfonamides is 1. The summed E-state index contributed by atoms with van der Waals surface area (Å²) in [5, 5.41) is 29.6. The summed E-state index contributed by atoms with van der Waals surface area (Å²) in [6.07, 6.45) is 0. The van der Waals surface area contributed by atoms with Gasteiger partial charge in [-0.2, -0.15) is 0 Å². The number of sulfonamides is 1. The fourth-order valence-electron chi connectivity index (χ4n) is 4.39. The summed E-state index contributed by atoms with van der Waals surface area (Å²) >= 11 is 0. The van der Waals surface area contributed by atoms with Crippen molar-refractivity contribution in [3.63, 3.8) is 0 Å². The molecule has 0 heterocycles. The molecule has 5 aromatic carbocycles. The molecule has 170 valence electrons. The highest BCUT2D eigenvalue weighted by Gasteiger charge is 2.21. The highest BCUT2D eigenvalue weighted by molar-refractivity contribution is 7.89. The van der Waals surface area contributed by atoms with E-state index in [1.807, 2.05) is 36.4 Å². The van der Waals surface area contributed by atoms with Gasteiger partial charge in [-0.25, -0.2) is 13.6 Å². The van der Waals surface area contributed by atoms with Crippen LogP contribution in [0.15, 0.2) is 89.8 Å². The summed E-state index contributed by atoms with van der Waals surface area (Å²) in [6.45, 7) is 0. The molecule has 34 heavy (non-hydrogen) atoms. The van der Waals surface area contributed by atoms with Gasteiger partial charge in [0.15, 0.2) is 0 Å². The van der Waals surface area contributed by atoms with E-state index < -0.39 is 10.0 Å². The molecule has 0 saturated heterocycles. The van der Waals surface area contributed by atoms with Gasteiger partial charge < -0.3 is 14.9 Å². The van der Waals surface area contributed by atoms with Crippen LogP contribution in [-0.2, 0) is 10.0 Å². The smallest absolute Gasteiger partial charge is 0.238 e. The van der Waals surface area contributed by atoms with Gasteiger partial charge in [0.05, 0.1) is 12.0 Å². The molecule has 0 aliphatic rings. The maximum absolute atomic E-state index is 12.5. The molecule has 0 spiro atoms. The predicted molar refractivity (Wildman–Crippen MR) is 134 cm³/mol.